The summed E-state index contributed by atoms with van der Waals surface area (Å²) in [5.41, 5.74) is 14.7. The van der Waals surface area contributed by atoms with Crippen molar-refractivity contribution >= 4 is 65.7 Å². The lowest BCUT2D eigenvalue weighted by atomic mass is 9.82. The van der Waals surface area contributed by atoms with E-state index in [4.69, 9.17) is 8.83 Å². The standard InChI is InChI=1S/C45H29NO2/c1-45(2)37-24-40-33(29-12-6-8-14-39(29)46(40)28-10-4-3-5-11-28)22-31(37)32-23-36-35-21-27(17-19-43(35)48-44(36)25-38(32)45)26-16-18-42-34(20-26)30-13-7-9-15-41(30)47-42/h3-25H,1-2H3. The van der Waals surface area contributed by atoms with Gasteiger partial charge in [-0.05, 0) is 106 Å². The molecule has 0 saturated heterocycles. The van der Waals surface area contributed by atoms with Gasteiger partial charge in [-0.15, -0.1) is 0 Å². The quantitative estimate of drug-likeness (QED) is 0.194. The van der Waals surface area contributed by atoms with E-state index < -0.39 is 0 Å². The fraction of sp³-hybridized carbons (Fsp3) is 0.0667. The normalized spacial score (nSPS) is 13.8. The first kappa shape index (κ1) is 26.1. The van der Waals surface area contributed by atoms with E-state index >= 15 is 0 Å². The topological polar surface area (TPSA) is 31.2 Å². The van der Waals surface area contributed by atoms with Crippen molar-refractivity contribution in [1.29, 1.82) is 0 Å². The van der Waals surface area contributed by atoms with E-state index in [1.807, 2.05) is 12.1 Å². The van der Waals surface area contributed by atoms with Gasteiger partial charge in [0.25, 0.3) is 0 Å². The number of hydrogen-bond donors (Lipinski definition) is 0. The van der Waals surface area contributed by atoms with E-state index in [2.05, 4.69) is 146 Å². The van der Waals surface area contributed by atoms with E-state index in [0.29, 0.717) is 0 Å². The Bertz CT molecular complexity index is 2970. The predicted molar refractivity (Wildman–Crippen MR) is 198 cm³/mol. The Morgan fingerprint density at radius 2 is 0.979 bits per heavy atom. The highest BCUT2D eigenvalue weighted by Gasteiger charge is 2.37. The molecule has 1 aliphatic rings. The third kappa shape index (κ3) is 3.38. The first-order valence-electron chi connectivity index (χ1n) is 16.6. The number of rotatable bonds is 2. The summed E-state index contributed by atoms with van der Waals surface area (Å²) in [6.07, 6.45) is 0. The maximum atomic E-state index is 6.55. The molecule has 0 fully saturated rings. The molecule has 0 saturated carbocycles. The highest BCUT2D eigenvalue weighted by Crippen LogP contribution is 2.53. The molecule has 0 atom stereocenters. The summed E-state index contributed by atoms with van der Waals surface area (Å²) in [4.78, 5) is 0. The van der Waals surface area contributed by atoms with Crippen LogP contribution in [0.3, 0.4) is 0 Å². The molecule has 11 rings (SSSR count). The number of furan rings is 2. The molecule has 0 radical (unpaired) electrons. The summed E-state index contributed by atoms with van der Waals surface area (Å²) in [5.74, 6) is 0. The van der Waals surface area contributed by atoms with Crippen molar-refractivity contribution in [3.05, 3.63) is 151 Å². The average Bonchev–Trinajstić information content (AvgIpc) is 3.83. The highest BCUT2D eigenvalue weighted by molar-refractivity contribution is 6.14. The van der Waals surface area contributed by atoms with Crippen molar-refractivity contribution < 1.29 is 8.83 Å². The van der Waals surface area contributed by atoms with Crippen LogP contribution in [-0.4, -0.2) is 4.57 Å². The Hall–Kier alpha value is -6.06. The van der Waals surface area contributed by atoms with Gasteiger partial charge < -0.3 is 13.4 Å². The number of aromatic nitrogens is 1. The molecule has 10 aromatic rings. The van der Waals surface area contributed by atoms with E-state index in [1.165, 1.54) is 49.7 Å². The van der Waals surface area contributed by atoms with Crippen LogP contribution < -0.4 is 0 Å². The zero-order chi connectivity index (χ0) is 31.7. The van der Waals surface area contributed by atoms with Crippen LogP contribution in [0.25, 0.3) is 93.6 Å². The lowest BCUT2D eigenvalue weighted by Crippen LogP contribution is -2.15. The van der Waals surface area contributed by atoms with Crippen LogP contribution >= 0.6 is 0 Å². The number of benzene rings is 7. The number of para-hydroxylation sites is 3. The van der Waals surface area contributed by atoms with Gasteiger partial charge in [0.2, 0.25) is 0 Å². The predicted octanol–water partition coefficient (Wildman–Crippen LogP) is 12.6. The Morgan fingerprint density at radius 1 is 0.417 bits per heavy atom. The molecular formula is C45H29NO2. The van der Waals surface area contributed by atoms with Crippen LogP contribution in [0.1, 0.15) is 25.0 Å². The molecule has 3 nitrogen and oxygen atoms in total. The molecule has 0 spiro atoms. The molecule has 3 heterocycles. The van der Waals surface area contributed by atoms with Gasteiger partial charge in [0, 0.05) is 43.4 Å². The Balaban J connectivity index is 1.13. The molecule has 0 bridgehead atoms. The van der Waals surface area contributed by atoms with Crippen LogP contribution in [0.2, 0.25) is 0 Å². The summed E-state index contributed by atoms with van der Waals surface area (Å²) in [6.45, 7) is 4.70. The van der Waals surface area contributed by atoms with E-state index in [0.717, 1.165) is 55.0 Å². The molecule has 0 unspecified atom stereocenters. The van der Waals surface area contributed by atoms with Crippen molar-refractivity contribution in [3.8, 4) is 27.9 Å². The molecule has 226 valence electrons. The molecular weight excluding hydrogens is 587 g/mol. The van der Waals surface area contributed by atoms with Crippen molar-refractivity contribution in [3.63, 3.8) is 0 Å². The SMILES string of the molecule is CC1(C)c2cc3oc4ccc(-c5ccc6oc7ccccc7c6c5)cc4c3cc2-c2cc3c4ccccc4n(-c4ccccc4)c3cc21. The smallest absolute Gasteiger partial charge is 0.135 e. The molecule has 3 heteroatoms. The Morgan fingerprint density at radius 3 is 1.75 bits per heavy atom. The summed E-state index contributed by atoms with van der Waals surface area (Å²) in [7, 11) is 0. The van der Waals surface area contributed by atoms with Gasteiger partial charge in [-0.3, -0.25) is 0 Å². The van der Waals surface area contributed by atoms with Gasteiger partial charge in [0.05, 0.1) is 11.0 Å². The van der Waals surface area contributed by atoms with Crippen LogP contribution in [0.5, 0.6) is 0 Å². The van der Waals surface area contributed by atoms with Crippen LogP contribution in [0.4, 0.5) is 0 Å². The summed E-state index contributed by atoms with van der Waals surface area (Å²) < 4.78 is 15.1. The van der Waals surface area contributed by atoms with Gasteiger partial charge in [0.1, 0.15) is 22.3 Å². The first-order chi connectivity index (χ1) is 23.5. The summed E-state index contributed by atoms with van der Waals surface area (Å²) in [6, 6.07) is 50.3. The van der Waals surface area contributed by atoms with Crippen molar-refractivity contribution in [2.75, 3.05) is 0 Å². The van der Waals surface area contributed by atoms with Gasteiger partial charge in [-0.1, -0.05) is 80.6 Å². The zero-order valence-corrected chi connectivity index (χ0v) is 26.5. The third-order valence-corrected chi connectivity index (χ3v) is 10.8. The third-order valence-electron chi connectivity index (χ3n) is 10.8. The number of hydrogen-bond acceptors (Lipinski definition) is 2. The Labute approximate surface area is 276 Å². The summed E-state index contributed by atoms with van der Waals surface area (Å²) >= 11 is 0. The molecule has 7 aromatic carbocycles. The highest BCUT2D eigenvalue weighted by atomic mass is 16.3. The van der Waals surface area contributed by atoms with Gasteiger partial charge in [0.15, 0.2) is 0 Å². The lowest BCUT2D eigenvalue weighted by Gasteiger charge is -2.21. The zero-order valence-electron chi connectivity index (χ0n) is 26.5. The maximum absolute atomic E-state index is 6.55. The van der Waals surface area contributed by atoms with Crippen molar-refractivity contribution in [1.82, 2.24) is 4.57 Å². The van der Waals surface area contributed by atoms with Crippen molar-refractivity contribution in [2.24, 2.45) is 0 Å². The average molecular weight is 616 g/mol. The second-order valence-corrected chi connectivity index (χ2v) is 13.7. The minimum atomic E-state index is -0.183. The molecule has 0 aliphatic heterocycles. The van der Waals surface area contributed by atoms with Crippen molar-refractivity contribution in [2.45, 2.75) is 19.3 Å². The number of nitrogens with zero attached hydrogens (tertiary/aromatic N) is 1. The monoisotopic (exact) mass is 615 g/mol. The second-order valence-electron chi connectivity index (χ2n) is 13.7. The summed E-state index contributed by atoms with van der Waals surface area (Å²) in [5, 5.41) is 7.11. The van der Waals surface area contributed by atoms with Crippen LogP contribution in [-0.2, 0) is 5.41 Å². The van der Waals surface area contributed by atoms with Gasteiger partial charge in [-0.2, -0.15) is 0 Å². The minimum Gasteiger partial charge on any atom is -0.456 e. The second kappa shape index (κ2) is 9.05. The van der Waals surface area contributed by atoms with E-state index in [1.54, 1.807) is 0 Å². The molecule has 0 amide bonds. The fourth-order valence-corrected chi connectivity index (χ4v) is 8.40. The van der Waals surface area contributed by atoms with E-state index in [9.17, 15) is 0 Å². The molecule has 48 heavy (non-hydrogen) atoms. The minimum absolute atomic E-state index is 0.183. The van der Waals surface area contributed by atoms with Crippen LogP contribution in [0, 0.1) is 0 Å². The van der Waals surface area contributed by atoms with E-state index in [-0.39, 0.29) is 5.41 Å². The number of fused-ring (bicyclic) bond motifs is 12. The van der Waals surface area contributed by atoms with Crippen LogP contribution in [0.15, 0.2) is 148 Å². The van der Waals surface area contributed by atoms with Gasteiger partial charge >= 0.3 is 0 Å². The first-order valence-corrected chi connectivity index (χ1v) is 16.6. The largest absolute Gasteiger partial charge is 0.456 e. The lowest BCUT2D eigenvalue weighted by molar-refractivity contribution is 0.647. The molecule has 1 aliphatic carbocycles. The maximum Gasteiger partial charge on any atom is 0.135 e. The van der Waals surface area contributed by atoms with Gasteiger partial charge in [-0.25, -0.2) is 0 Å². The fourth-order valence-electron chi connectivity index (χ4n) is 8.40. The molecule has 0 N–H and O–H groups in total. The Kier molecular flexibility index (Phi) is 4.91. The molecule has 3 aromatic heterocycles.